The summed E-state index contributed by atoms with van der Waals surface area (Å²) in [6.07, 6.45) is 14.2. The van der Waals surface area contributed by atoms with E-state index in [2.05, 4.69) is 6.92 Å². The Kier molecular flexibility index (Phi) is 10.9. The molecule has 0 saturated heterocycles. The number of rotatable bonds is 12. The Bertz CT molecular complexity index is 312. The van der Waals surface area contributed by atoms with E-state index < -0.39 is 8.15 Å². The summed E-state index contributed by atoms with van der Waals surface area (Å²) in [5.41, 5.74) is 0. The normalized spacial score (nSPS) is 12.5. The molecule has 0 radical (unpaired) electrons. The van der Waals surface area contributed by atoms with Gasteiger partial charge in [-0.25, -0.2) is 0 Å². The molecule has 114 valence electrons. The first kappa shape index (κ1) is 17.7. The zero-order valence-corrected chi connectivity index (χ0v) is 13.9. The summed E-state index contributed by atoms with van der Waals surface area (Å²) in [6.45, 7) is 2.26. The average molecular weight is 293 g/mol. The highest BCUT2D eigenvalue weighted by Gasteiger charge is 1.97. The molecule has 20 heavy (non-hydrogen) atoms. The van der Waals surface area contributed by atoms with E-state index >= 15 is 0 Å². The minimum Gasteiger partial charge on any atom is -0.826 e. The van der Waals surface area contributed by atoms with Crippen LogP contribution in [0.1, 0.15) is 71.1 Å². The van der Waals surface area contributed by atoms with Crippen LogP contribution in [0.5, 0.6) is 0 Å². The van der Waals surface area contributed by atoms with Gasteiger partial charge in [-0.05, 0) is 11.5 Å². The second-order valence-corrected chi connectivity index (χ2v) is 7.34. The molecule has 0 aromatic heterocycles. The quantitative estimate of drug-likeness (QED) is 0.393. The largest absolute Gasteiger partial charge is 0.826 e. The molecule has 1 aromatic rings. The molecular weight excluding hydrogens is 263 g/mol. The molecule has 1 nitrogen and oxygen atoms in total. The first-order valence-corrected chi connectivity index (χ1v) is 9.79. The van der Waals surface area contributed by atoms with Gasteiger partial charge in [0.25, 0.3) is 0 Å². The second kappa shape index (κ2) is 12.4. The minimum atomic E-state index is -1.16. The van der Waals surface area contributed by atoms with Crippen LogP contribution in [0.2, 0.25) is 0 Å². The van der Waals surface area contributed by atoms with E-state index in [0.717, 1.165) is 17.9 Å². The van der Waals surface area contributed by atoms with Crippen LogP contribution in [0.25, 0.3) is 0 Å². The van der Waals surface area contributed by atoms with E-state index in [9.17, 15) is 4.89 Å². The van der Waals surface area contributed by atoms with Crippen LogP contribution in [-0.4, -0.2) is 6.16 Å². The number of hydrogen-bond acceptors (Lipinski definition) is 1. The third kappa shape index (κ3) is 8.72. The zero-order valence-electron chi connectivity index (χ0n) is 13.0. The van der Waals surface area contributed by atoms with Gasteiger partial charge in [-0.2, -0.15) is 8.15 Å². The smallest absolute Gasteiger partial charge is 0.0399 e. The lowest BCUT2D eigenvalue weighted by Gasteiger charge is -2.23. The highest BCUT2D eigenvalue weighted by atomic mass is 31.1. The molecule has 1 atom stereocenters. The van der Waals surface area contributed by atoms with Gasteiger partial charge in [-0.1, -0.05) is 101 Å². The summed E-state index contributed by atoms with van der Waals surface area (Å²) >= 11 is 0. The number of unbranched alkanes of at least 4 members (excludes halogenated alkanes) is 9. The molecule has 0 bridgehead atoms. The van der Waals surface area contributed by atoms with Crippen molar-refractivity contribution < 1.29 is 4.89 Å². The Morgan fingerprint density at radius 1 is 0.750 bits per heavy atom. The minimum absolute atomic E-state index is 0.857. The molecule has 0 saturated carbocycles. The van der Waals surface area contributed by atoms with Crippen LogP contribution in [0.15, 0.2) is 30.3 Å². The van der Waals surface area contributed by atoms with Crippen LogP contribution in [0.3, 0.4) is 0 Å². The van der Waals surface area contributed by atoms with Gasteiger partial charge in [-0.3, -0.25) is 0 Å². The van der Waals surface area contributed by atoms with Gasteiger partial charge in [0, 0.05) is 0 Å². The Labute approximate surface area is 126 Å². The van der Waals surface area contributed by atoms with Crippen molar-refractivity contribution in [3.05, 3.63) is 30.3 Å². The first-order valence-electron chi connectivity index (χ1n) is 8.34. The summed E-state index contributed by atoms with van der Waals surface area (Å²) in [5, 5.41) is 1.01. The maximum Gasteiger partial charge on any atom is -0.0399 e. The maximum absolute atomic E-state index is 12.0. The van der Waals surface area contributed by atoms with Gasteiger partial charge in [0.05, 0.1) is 0 Å². The van der Waals surface area contributed by atoms with Crippen molar-refractivity contribution in [2.24, 2.45) is 0 Å². The molecule has 0 amide bonds. The maximum atomic E-state index is 12.0. The van der Waals surface area contributed by atoms with Crippen LogP contribution in [-0.2, 0) is 0 Å². The summed E-state index contributed by atoms with van der Waals surface area (Å²) < 4.78 is 0. The van der Waals surface area contributed by atoms with Gasteiger partial charge in [0.15, 0.2) is 0 Å². The molecule has 0 N–H and O–H groups in total. The van der Waals surface area contributed by atoms with Gasteiger partial charge < -0.3 is 4.89 Å². The van der Waals surface area contributed by atoms with Crippen LogP contribution in [0.4, 0.5) is 0 Å². The van der Waals surface area contributed by atoms with E-state index in [0.29, 0.717) is 0 Å². The summed E-state index contributed by atoms with van der Waals surface area (Å²) in [5.74, 6) is 0. The van der Waals surface area contributed by atoms with E-state index in [-0.39, 0.29) is 0 Å². The lowest BCUT2D eigenvalue weighted by Crippen LogP contribution is -2.12. The third-order valence-corrected chi connectivity index (χ3v) is 5.36. The highest BCUT2D eigenvalue weighted by molar-refractivity contribution is 7.58. The second-order valence-electron chi connectivity index (χ2n) is 5.62. The standard InChI is InChI=1S/C18H30OP/c1-2-3-4-5-6-7-8-9-10-14-17-20(19)18-15-12-11-13-16-18/h11-13,15-16H,2-10,14,17H2,1H3/q-1. The third-order valence-electron chi connectivity index (χ3n) is 3.76. The van der Waals surface area contributed by atoms with Crippen LogP contribution >= 0.6 is 8.15 Å². The van der Waals surface area contributed by atoms with Crippen molar-refractivity contribution in [2.45, 2.75) is 71.1 Å². The SMILES string of the molecule is CCCCCCCCCCCCP([O-])c1ccccc1. The van der Waals surface area contributed by atoms with E-state index in [1.807, 2.05) is 30.3 Å². The molecule has 2 heteroatoms. The Morgan fingerprint density at radius 2 is 1.25 bits per heavy atom. The Balaban J connectivity index is 1.90. The predicted molar refractivity (Wildman–Crippen MR) is 89.7 cm³/mol. The van der Waals surface area contributed by atoms with Crippen molar-refractivity contribution in [3.63, 3.8) is 0 Å². The molecule has 1 rings (SSSR count). The molecule has 0 aliphatic heterocycles. The van der Waals surface area contributed by atoms with Gasteiger partial charge in [0.2, 0.25) is 0 Å². The van der Waals surface area contributed by atoms with E-state index in [4.69, 9.17) is 0 Å². The fraction of sp³-hybridized carbons (Fsp3) is 0.667. The summed E-state index contributed by atoms with van der Waals surface area (Å²) in [6, 6.07) is 9.89. The number of hydrogen-bond donors (Lipinski definition) is 0. The van der Waals surface area contributed by atoms with E-state index in [1.165, 1.54) is 57.8 Å². The zero-order chi connectivity index (χ0) is 14.5. The molecule has 0 fully saturated rings. The molecule has 1 unspecified atom stereocenters. The monoisotopic (exact) mass is 293 g/mol. The van der Waals surface area contributed by atoms with E-state index in [1.54, 1.807) is 0 Å². The highest BCUT2D eigenvalue weighted by Crippen LogP contribution is 2.25. The fourth-order valence-electron chi connectivity index (χ4n) is 2.47. The predicted octanol–water partition coefficient (Wildman–Crippen LogP) is 4.99. The number of benzene rings is 1. The van der Waals surface area contributed by atoms with Gasteiger partial charge in [0.1, 0.15) is 0 Å². The van der Waals surface area contributed by atoms with Gasteiger partial charge in [-0.15, -0.1) is 0 Å². The van der Waals surface area contributed by atoms with Crippen molar-refractivity contribution >= 4 is 13.5 Å². The molecule has 0 aliphatic carbocycles. The molecule has 0 aliphatic rings. The first-order chi connectivity index (χ1) is 9.84. The average Bonchev–Trinajstić information content (AvgIpc) is 2.50. The van der Waals surface area contributed by atoms with Crippen LogP contribution < -0.4 is 10.2 Å². The van der Waals surface area contributed by atoms with Gasteiger partial charge >= 0.3 is 0 Å². The van der Waals surface area contributed by atoms with Crippen molar-refractivity contribution in [2.75, 3.05) is 6.16 Å². The topological polar surface area (TPSA) is 23.1 Å². The van der Waals surface area contributed by atoms with Crippen molar-refractivity contribution in [3.8, 4) is 0 Å². The molecular formula is C18H30OP-. The van der Waals surface area contributed by atoms with Crippen molar-refractivity contribution in [1.29, 1.82) is 0 Å². The van der Waals surface area contributed by atoms with Crippen LogP contribution in [0, 0.1) is 0 Å². The lowest BCUT2D eigenvalue weighted by atomic mass is 10.1. The molecule has 0 spiro atoms. The van der Waals surface area contributed by atoms with Crippen molar-refractivity contribution in [1.82, 2.24) is 0 Å². The Morgan fingerprint density at radius 3 is 1.80 bits per heavy atom. The lowest BCUT2D eigenvalue weighted by molar-refractivity contribution is -0.156. The fourth-order valence-corrected chi connectivity index (χ4v) is 3.74. The summed E-state index contributed by atoms with van der Waals surface area (Å²) in [4.78, 5) is 12.0. The molecule has 1 aromatic carbocycles. The summed E-state index contributed by atoms with van der Waals surface area (Å²) in [7, 11) is -1.16. The Hall–Kier alpha value is -0.390. The molecule has 0 heterocycles.